The van der Waals surface area contributed by atoms with Crippen LogP contribution in [0.4, 0.5) is 5.82 Å². The molecule has 0 amide bonds. The highest BCUT2D eigenvalue weighted by atomic mass is 16.6. The molecule has 0 saturated heterocycles. The molecule has 0 aliphatic heterocycles. The fourth-order valence-electron chi connectivity index (χ4n) is 2.84. The predicted octanol–water partition coefficient (Wildman–Crippen LogP) is 3.12. The number of hydrogen-bond donors (Lipinski definition) is 2. The van der Waals surface area contributed by atoms with E-state index in [4.69, 9.17) is 16.2 Å². The van der Waals surface area contributed by atoms with E-state index >= 15 is 0 Å². The molecule has 0 aliphatic rings. The number of rotatable bonds is 6. The quantitative estimate of drug-likeness (QED) is 0.298. The van der Waals surface area contributed by atoms with Gasteiger partial charge in [-0.2, -0.15) is 5.10 Å². The van der Waals surface area contributed by atoms with E-state index in [0.29, 0.717) is 6.61 Å². The second-order valence-corrected chi connectivity index (χ2v) is 6.23. The lowest BCUT2D eigenvalue weighted by atomic mass is 10.1. The monoisotopic (exact) mass is 386 g/mol. The van der Waals surface area contributed by atoms with Gasteiger partial charge in [0.2, 0.25) is 0 Å². The second kappa shape index (κ2) is 8.22. The average molecular weight is 386 g/mol. The van der Waals surface area contributed by atoms with E-state index in [1.54, 1.807) is 6.21 Å². The molecule has 1 heterocycles. The third kappa shape index (κ3) is 4.22. The molecule has 0 atom stereocenters. The molecule has 8 nitrogen and oxygen atoms in total. The summed E-state index contributed by atoms with van der Waals surface area (Å²) in [5.41, 5.74) is 13.4. The third-order valence-electron chi connectivity index (χ3n) is 4.26. The molecule has 0 saturated carbocycles. The number of fused-ring (bicyclic) bond motifs is 1. The molecule has 0 aliphatic carbocycles. The first-order valence-corrected chi connectivity index (χ1v) is 8.85. The molecule has 144 valence electrons. The van der Waals surface area contributed by atoms with Gasteiger partial charge in [0, 0.05) is 0 Å². The highest BCUT2D eigenvalue weighted by Crippen LogP contribution is 2.21. The Morgan fingerprint density at radius 2 is 1.86 bits per heavy atom. The van der Waals surface area contributed by atoms with Crippen LogP contribution < -0.4 is 16.2 Å². The molecule has 0 spiro atoms. The van der Waals surface area contributed by atoms with Gasteiger partial charge in [-0.25, -0.2) is 4.63 Å². The van der Waals surface area contributed by atoms with Crippen molar-refractivity contribution < 1.29 is 9.37 Å². The van der Waals surface area contributed by atoms with E-state index in [1.165, 1.54) is 10.8 Å². The Morgan fingerprint density at radius 3 is 2.72 bits per heavy atom. The summed E-state index contributed by atoms with van der Waals surface area (Å²) in [4.78, 5) is 0. The van der Waals surface area contributed by atoms with E-state index in [9.17, 15) is 0 Å². The topological polar surface area (TPSA) is 125 Å². The van der Waals surface area contributed by atoms with Gasteiger partial charge in [0.25, 0.3) is 0 Å². The first-order chi connectivity index (χ1) is 14.2. The summed E-state index contributed by atoms with van der Waals surface area (Å²) < 4.78 is 10.5. The largest absolute Gasteiger partial charge is 0.489 e. The Kier molecular flexibility index (Phi) is 5.15. The Morgan fingerprint density at radius 1 is 1.03 bits per heavy atom. The minimum Gasteiger partial charge on any atom is -0.489 e. The number of nitrogen functional groups attached to an aromatic ring is 1. The molecule has 0 radical (unpaired) electrons. The number of nitrogens with zero attached hydrogens (tertiary/aromatic N) is 4. The molecule has 4 aromatic rings. The van der Waals surface area contributed by atoms with Crippen molar-refractivity contribution in [1.29, 1.82) is 0 Å². The summed E-state index contributed by atoms with van der Waals surface area (Å²) in [5, 5.41) is 17.2. The van der Waals surface area contributed by atoms with Crippen molar-refractivity contribution in [2.75, 3.05) is 5.73 Å². The molecule has 29 heavy (non-hydrogen) atoms. The van der Waals surface area contributed by atoms with Gasteiger partial charge in [0.1, 0.15) is 12.4 Å². The number of benzene rings is 3. The van der Waals surface area contributed by atoms with E-state index in [-0.39, 0.29) is 17.3 Å². The molecule has 3 aromatic carbocycles. The minimum atomic E-state index is 0.0170. The zero-order chi connectivity index (χ0) is 20.1. The Labute approximate surface area is 166 Å². The van der Waals surface area contributed by atoms with Crippen LogP contribution in [0.2, 0.25) is 0 Å². The van der Waals surface area contributed by atoms with Gasteiger partial charge >= 0.3 is 0 Å². The van der Waals surface area contributed by atoms with Gasteiger partial charge in [-0.1, -0.05) is 54.6 Å². The summed E-state index contributed by atoms with van der Waals surface area (Å²) in [6.45, 7) is 0.464. The number of nitrogens with two attached hydrogens (primary N) is 2. The van der Waals surface area contributed by atoms with Gasteiger partial charge in [0.05, 0.1) is 6.21 Å². The summed E-state index contributed by atoms with van der Waals surface area (Å²) >= 11 is 0. The first-order valence-electron chi connectivity index (χ1n) is 8.85. The number of anilines is 1. The number of amidine groups is 1. The van der Waals surface area contributed by atoms with Gasteiger partial charge in [-0.05, 0) is 44.3 Å². The van der Waals surface area contributed by atoms with Gasteiger partial charge in [-0.15, -0.1) is 5.10 Å². The van der Waals surface area contributed by atoms with Crippen molar-refractivity contribution in [1.82, 2.24) is 10.3 Å². The Balaban J connectivity index is 1.45. The average Bonchev–Trinajstić information content (AvgIpc) is 3.18. The van der Waals surface area contributed by atoms with Gasteiger partial charge in [0.15, 0.2) is 17.3 Å². The third-order valence-corrected chi connectivity index (χ3v) is 4.26. The van der Waals surface area contributed by atoms with Crippen molar-refractivity contribution in [3.8, 4) is 5.75 Å². The van der Waals surface area contributed by atoms with Crippen molar-refractivity contribution in [3.05, 3.63) is 83.6 Å². The second-order valence-electron chi connectivity index (χ2n) is 6.23. The lowest BCUT2D eigenvalue weighted by molar-refractivity contribution is 0.307. The van der Waals surface area contributed by atoms with Crippen LogP contribution in [0.25, 0.3) is 10.8 Å². The molecular formula is C21H18N6O2. The van der Waals surface area contributed by atoms with Crippen molar-refractivity contribution in [2.24, 2.45) is 15.9 Å². The molecule has 0 unspecified atom stereocenters. The van der Waals surface area contributed by atoms with Crippen LogP contribution in [0.15, 0.2) is 81.6 Å². The van der Waals surface area contributed by atoms with Crippen LogP contribution >= 0.6 is 0 Å². The first kappa shape index (κ1) is 18.2. The highest BCUT2D eigenvalue weighted by molar-refractivity contribution is 5.99. The van der Waals surface area contributed by atoms with Crippen LogP contribution in [0.1, 0.15) is 16.8 Å². The van der Waals surface area contributed by atoms with Crippen molar-refractivity contribution in [3.63, 3.8) is 0 Å². The summed E-state index contributed by atoms with van der Waals surface area (Å²) in [5.74, 6) is 0.803. The SMILES string of the molecule is NC(=NN=Cc1cccc(OCc2cccc3ccccc23)c1)c1nonc1N. The molecule has 4 N–H and O–H groups in total. The Hall–Kier alpha value is -4.20. The van der Waals surface area contributed by atoms with E-state index in [1.807, 2.05) is 42.5 Å². The van der Waals surface area contributed by atoms with Gasteiger partial charge < -0.3 is 16.2 Å². The van der Waals surface area contributed by atoms with Crippen LogP contribution in [-0.2, 0) is 6.61 Å². The van der Waals surface area contributed by atoms with E-state index < -0.39 is 0 Å². The molecule has 0 fully saturated rings. The normalized spacial score (nSPS) is 11.9. The van der Waals surface area contributed by atoms with Gasteiger partial charge in [-0.3, -0.25) is 0 Å². The van der Waals surface area contributed by atoms with Crippen molar-refractivity contribution >= 4 is 28.6 Å². The summed E-state index contributed by atoms with van der Waals surface area (Å²) in [6, 6.07) is 21.9. The lowest BCUT2D eigenvalue weighted by Crippen LogP contribution is -2.15. The molecule has 8 heteroatoms. The predicted molar refractivity (Wildman–Crippen MR) is 112 cm³/mol. The number of aromatic nitrogens is 2. The standard InChI is InChI=1S/C21H18N6O2/c22-20(19-21(23)27-29-26-19)25-24-12-14-5-3-9-17(11-14)28-13-16-8-4-7-15-6-1-2-10-18(15)16/h1-12H,13H2,(H2,22,25)(H2,23,27). The maximum atomic E-state index is 5.97. The molecule has 4 rings (SSSR count). The smallest absolute Gasteiger partial charge is 0.199 e. The fraction of sp³-hybridized carbons (Fsp3) is 0.0476. The fourth-order valence-corrected chi connectivity index (χ4v) is 2.84. The molecule has 0 bridgehead atoms. The maximum absolute atomic E-state index is 5.97. The lowest BCUT2D eigenvalue weighted by Gasteiger charge is -2.09. The zero-order valence-electron chi connectivity index (χ0n) is 15.4. The molecular weight excluding hydrogens is 368 g/mol. The van der Waals surface area contributed by atoms with Crippen LogP contribution in [0.5, 0.6) is 5.75 Å². The highest BCUT2D eigenvalue weighted by Gasteiger charge is 2.10. The number of hydrogen-bond acceptors (Lipinski definition) is 7. The number of ether oxygens (including phenoxy) is 1. The van der Waals surface area contributed by atoms with E-state index in [2.05, 4.69) is 49.4 Å². The zero-order valence-corrected chi connectivity index (χ0v) is 15.4. The Bertz CT molecular complexity index is 1190. The summed E-state index contributed by atoms with van der Waals surface area (Å²) in [6.07, 6.45) is 1.56. The van der Waals surface area contributed by atoms with Crippen LogP contribution in [-0.4, -0.2) is 22.4 Å². The molecule has 1 aromatic heterocycles. The van der Waals surface area contributed by atoms with Crippen molar-refractivity contribution in [2.45, 2.75) is 6.61 Å². The van der Waals surface area contributed by atoms with Crippen LogP contribution in [0, 0.1) is 0 Å². The van der Waals surface area contributed by atoms with Crippen LogP contribution in [0.3, 0.4) is 0 Å². The van der Waals surface area contributed by atoms with E-state index in [0.717, 1.165) is 16.9 Å². The maximum Gasteiger partial charge on any atom is 0.199 e. The minimum absolute atomic E-state index is 0.0170. The summed E-state index contributed by atoms with van der Waals surface area (Å²) in [7, 11) is 0.